The first-order chi connectivity index (χ1) is 8.04. The van der Waals surface area contributed by atoms with Gasteiger partial charge in [0.25, 0.3) is 0 Å². The van der Waals surface area contributed by atoms with E-state index in [-0.39, 0.29) is 6.09 Å². The van der Waals surface area contributed by atoms with Crippen LogP contribution in [0.15, 0.2) is 28.7 Å². The van der Waals surface area contributed by atoms with E-state index >= 15 is 0 Å². The standard InChI is InChI=1S/C12H15BrN2O2/c1-12(7-14)8-15(11(16)17-12)6-9-4-2-3-5-10(9)13/h2-5H,6-8,14H2,1H3. The van der Waals surface area contributed by atoms with E-state index < -0.39 is 5.60 Å². The van der Waals surface area contributed by atoms with E-state index in [1.54, 1.807) is 4.90 Å². The summed E-state index contributed by atoms with van der Waals surface area (Å²) in [6.45, 7) is 3.26. The molecule has 0 aliphatic carbocycles. The number of nitrogens with two attached hydrogens (primary N) is 1. The molecule has 0 bridgehead atoms. The molecule has 0 radical (unpaired) electrons. The number of cyclic esters (lactones) is 1. The van der Waals surface area contributed by atoms with Crippen molar-refractivity contribution in [2.75, 3.05) is 13.1 Å². The van der Waals surface area contributed by atoms with Crippen LogP contribution in [0.25, 0.3) is 0 Å². The zero-order valence-corrected chi connectivity index (χ0v) is 11.2. The quantitative estimate of drug-likeness (QED) is 0.930. The van der Waals surface area contributed by atoms with Gasteiger partial charge in [-0.15, -0.1) is 0 Å². The highest BCUT2D eigenvalue weighted by Gasteiger charge is 2.40. The Hall–Kier alpha value is -1.07. The molecule has 1 saturated heterocycles. The second-order valence-corrected chi connectivity index (χ2v) is 5.32. The molecule has 1 aromatic carbocycles. The van der Waals surface area contributed by atoms with Gasteiger partial charge in [-0.05, 0) is 18.6 Å². The molecule has 1 unspecified atom stereocenters. The summed E-state index contributed by atoms with van der Waals surface area (Å²) in [6.07, 6.45) is -0.297. The maximum Gasteiger partial charge on any atom is 0.410 e. The molecular formula is C12H15BrN2O2. The highest BCUT2D eigenvalue weighted by atomic mass is 79.9. The number of hydrogen-bond donors (Lipinski definition) is 1. The summed E-state index contributed by atoms with van der Waals surface area (Å²) in [4.78, 5) is 13.4. The maximum absolute atomic E-state index is 11.7. The summed E-state index contributed by atoms with van der Waals surface area (Å²) >= 11 is 3.47. The number of hydrogen-bond acceptors (Lipinski definition) is 3. The van der Waals surface area contributed by atoms with Gasteiger partial charge in [0.2, 0.25) is 0 Å². The van der Waals surface area contributed by atoms with E-state index in [1.165, 1.54) is 0 Å². The highest BCUT2D eigenvalue weighted by molar-refractivity contribution is 9.10. The molecule has 1 aliphatic heterocycles. The molecule has 1 fully saturated rings. The lowest BCUT2D eigenvalue weighted by Crippen LogP contribution is -2.38. The van der Waals surface area contributed by atoms with Gasteiger partial charge in [0, 0.05) is 11.0 Å². The first-order valence-electron chi connectivity index (χ1n) is 5.45. The van der Waals surface area contributed by atoms with Gasteiger partial charge < -0.3 is 10.5 Å². The highest BCUT2D eigenvalue weighted by Crippen LogP contribution is 2.25. The monoisotopic (exact) mass is 298 g/mol. The van der Waals surface area contributed by atoms with E-state index in [4.69, 9.17) is 10.5 Å². The van der Waals surface area contributed by atoms with Crippen molar-refractivity contribution in [2.45, 2.75) is 19.1 Å². The molecule has 92 valence electrons. The van der Waals surface area contributed by atoms with Crippen molar-refractivity contribution in [3.05, 3.63) is 34.3 Å². The maximum atomic E-state index is 11.7. The molecule has 1 heterocycles. The van der Waals surface area contributed by atoms with Gasteiger partial charge in [-0.1, -0.05) is 34.1 Å². The number of nitrogens with zero attached hydrogens (tertiary/aromatic N) is 1. The van der Waals surface area contributed by atoms with Crippen molar-refractivity contribution < 1.29 is 9.53 Å². The van der Waals surface area contributed by atoms with Crippen LogP contribution in [0.1, 0.15) is 12.5 Å². The number of ether oxygens (including phenoxy) is 1. The van der Waals surface area contributed by atoms with Crippen LogP contribution in [0.3, 0.4) is 0 Å². The number of rotatable bonds is 3. The van der Waals surface area contributed by atoms with Crippen LogP contribution in [0.2, 0.25) is 0 Å². The number of amides is 1. The average molecular weight is 299 g/mol. The molecule has 1 aromatic rings. The topological polar surface area (TPSA) is 55.6 Å². The normalized spacial score (nSPS) is 23.9. The summed E-state index contributed by atoms with van der Waals surface area (Å²) in [5, 5.41) is 0. The van der Waals surface area contributed by atoms with Gasteiger partial charge in [0.1, 0.15) is 5.60 Å². The van der Waals surface area contributed by atoms with E-state index in [1.807, 2.05) is 31.2 Å². The molecule has 2 N–H and O–H groups in total. The van der Waals surface area contributed by atoms with Gasteiger partial charge in [-0.25, -0.2) is 4.79 Å². The summed E-state index contributed by atoms with van der Waals surface area (Å²) in [5.41, 5.74) is 6.11. The van der Waals surface area contributed by atoms with Crippen LogP contribution in [0.5, 0.6) is 0 Å². The first-order valence-corrected chi connectivity index (χ1v) is 6.25. The Morgan fingerprint density at radius 1 is 1.53 bits per heavy atom. The van der Waals surface area contributed by atoms with E-state index in [0.29, 0.717) is 19.6 Å². The predicted molar refractivity (Wildman–Crippen MR) is 68.5 cm³/mol. The third kappa shape index (κ3) is 2.61. The second-order valence-electron chi connectivity index (χ2n) is 4.47. The number of benzene rings is 1. The van der Waals surface area contributed by atoms with E-state index in [9.17, 15) is 4.79 Å². The van der Waals surface area contributed by atoms with Gasteiger partial charge in [-0.3, -0.25) is 4.90 Å². The third-order valence-electron chi connectivity index (χ3n) is 2.87. The fourth-order valence-electron chi connectivity index (χ4n) is 1.83. The van der Waals surface area contributed by atoms with Crippen molar-refractivity contribution >= 4 is 22.0 Å². The van der Waals surface area contributed by atoms with Crippen molar-refractivity contribution in [1.82, 2.24) is 4.90 Å². The zero-order valence-electron chi connectivity index (χ0n) is 9.65. The largest absolute Gasteiger partial charge is 0.440 e. The fraction of sp³-hybridized carbons (Fsp3) is 0.417. The minimum atomic E-state index is -0.557. The Labute approximate surface area is 109 Å². The average Bonchev–Trinajstić information content (AvgIpc) is 2.58. The van der Waals surface area contributed by atoms with Gasteiger partial charge in [0.05, 0.1) is 13.1 Å². The zero-order chi connectivity index (χ0) is 12.5. The molecular weight excluding hydrogens is 284 g/mol. The lowest BCUT2D eigenvalue weighted by Gasteiger charge is -2.19. The lowest BCUT2D eigenvalue weighted by atomic mass is 10.1. The summed E-state index contributed by atoms with van der Waals surface area (Å²) in [7, 11) is 0. The number of halogens is 1. The molecule has 1 amide bonds. The molecule has 0 spiro atoms. The molecule has 0 aromatic heterocycles. The molecule has 2 rings (SSSR count). The van der Waals surface area contributed by atoms with Crippen molar-refractivity contribution in [3.63, 3.8) is 0 Å². The fourth-order valence-corrected chi connectivity index (χ4v) is 2.24. The van der Waals surface area contributed by atoms with Crippen LogP contribution in [-0.2, 0) is 11.3 Å². The number of carbonyl (C=O) groups is 1. The van der Waals surface area contributed by atoms with Crippen molar-refractivity contribution in [3.8, 4) is 0 Å². The molecule has 1 atom stereocenters. The Kier molecular flexibility index (Phi) is 3.40. The molecule has 5 heteroatoms. The summed E-state index contributed by atoms with van der Waals surface area (Å²) in [5.74, 6) is 0. The van der Waals surface area contributed by atoms with Crippen LogP contribution in [0.4, 0.5) is 4.79 Å². The van der Waals surface area contributed by atoms with Crippen LogP contribution in [-0.4, -0.2) is 29.7 Å². The Balaban J connectivity index is 2.11. The van der Waals surface area contributed by atoms with E-state index in [0.717, 1.165) is 10.0 Å². The minimum Gasteiger partial charge on any atom is -0.440 e. The van der Waals surface area contributed by atoms with Crippen molar-refractivity contribution in [2.24, 2.45) is 5.73 Å². The smallest absolute Gasteiger partial charge is 0.410 e. The van der Waals surface area contributed by atoms with Gasteiger partial charge >= 0.3 is 6.09 Å². The third-order valence-corrected chi connectivity index (χ3v) is 3.64. The Morgan fingerprint density at radius 2 is 2.24 bits per heavy atom. The first kappa shape index (κ1) is 12.4. The second kappa shape index (κ2) is 4.66. The Bertz CT molecular complexity index is 438. The van der Waals surface area contributed by atoms with Crippen LogP contribution in [0, 0.1) is 0 Å². The lowest BCUT2D eigenvalue weighted by molar-refractivity contribution is 0.0781. The van der Waals surface area contributed by atoms with Gasteiger partial charge in [0.15, 0.2) is 0 Å². The van der Waals surface area contributed by atoms with Gasteiger partial charge in [-0.2, -0.15) is 0 Å². The molecule has 4 nitrogen and oxygen atoms in total. The summed E-state index contributed by atoms with van der Waals surface area (Å²) in [6, 6.07) is 7.83. The minimum absolute atomic E-state index is 0.297. The van der Waals surface area contributed by atoms with Crippen LogP contribution < -0.4 is 5.73 Å². The summed E-state index contributed by atoms with van der Waals surface area (Å²) < 4.78 is 6.26. The number of carbonyl (C=O) groups excluding carboxylic acids is 1. The SMILES string of the molecule is CC1(CN)CN(Cc2ccccc2Br)C(=O)O1. The van der Waals surface area contributed by atoms with Crippen molar-refractivity contribution in [1.29, 1.82) is 0 Å². The molecule has 1 aliphatic rings. The molecule has 17 heavy (non-hydrogen) atoms. The Morgan fingerprint density at radius 3 is 2.82 bits per heavy atom. The molecule has 0 saturated carbocycles. The predicted octanol–water partition coefficient (Wildman–Crippen LogP) is 2.12. The van der Waals surface area contributed by atoms with Crippen LogP contribution >= 0.6 is 15.9 Å². The van der Waals surface area contributed by atoms with E-state index in [2.05, 4.69) is 15.9 Å².